The van der Waals surface area contributed by atoms with Crippen molar-refractivity contribution in [1.82, 2.24) is 4.90 Å². The van der Waals surface area contributed by atoms with Crippen LogP contribution in [-0.2, 0) is 4.79 Å². The van der Waals surface area contributed by atoms with E-state index in [1.54, 1.807) is 19.8 Å². The lowest BCUT2D eigenvalue weighted by atomic mass is 10.1. The highest BCUT2D eigenvalue weighted by Crippen LogP contribution is 2.13. The quantitative estimate of drug-likeness (QED) is 0.371. The van der Waals surface area contributed by atoms with Gasteiger partial charge in [-0.15, -0.1) is 0 Å². The van der Waals surface area contributed by atoms with E-state index in [9.17, 15) is 13.6 Å². The van der Waals surface area contributed by atoms with Crippen LogP contribution in [0.4, 0.5) is 8.78 Å². The number of nitrogens with zero attached hydrogens (tertiary/aromatic N) is 1. The van der Waals surface area contributed by atoms with Crippen molar-refractivity contribution in [3.8, 4) is 11.8 Å². The second-order valence-electron chi connectivity index (χ2n) is 3.20. The van der Waals surface area contributed by atoms with E-state index in [2.05, 4.69) is 0 Å². The monoisotopic (exact) mass is 189 g/mol. The van der Waals surface area contributed by atoms with Gasteiger partial charge in [0.2, 0.25) is 5.78 Å². The molecule has 4 heteroatoms. The molecule has 0 aromatic carbocycles. The normalized spacial score (nSPS) is 11.4. The van der Waals surface area contributed by atoms with Crippen molar-refractivity contribution < 1.29 is 13.6 Å². The van der Waals surface area contributed by atoms with Crippen LogP contribution in [0.2, 0.25) is 0 Å². The van der Waals surface area contributed by atoms with Gasteiger partial charge < -0.3 is 0 Å². The Kier molecular flexibility index (Phi) is 4.02. The molecule has 0 aromatic rings. The number of carbonyl (C=O) groups is 1. The number of ketones is 1. The predicted molar refractivity (Wildman–Crippen MR) is 46.3 cm³/mol. The molecular weight excluding hydrogens is 176 g/mol. The molecule has 0 unspecified atom stereocenters. The summed E-state index contributed by atoms with van der Waals surface area (Å²) in [7, 11) is 2.41. The zero-order valence-corrected chi connectivity index (χ0v) is 8.19. The fraction of sp³-hybridized carbons (Fsp3) is 0.667. The fourth-order valence-electron chi connectivity index (χ4n) is 0.393. The molecule has 0 spiro atoms. The first-order valence-electron chi connectivity index (χ1n) is 3.89. The summed E-state index contributed by atoms with van der Waals surface area (Å²) in [5, 5.41) is 0. The Morgan fingerprint density at radius 1 is 1.38 bits per heavy atom. The molecule has 0 saturated carbocycles. The van der Waals surface area contributed by atoms with Gasteiger partial charge in [-0.2, -0.15) is 8.78 Å². The summed E-state index contributed by atoms with van der Waals surface area (Å²) in [5.41, 5.74) is 0. The first-order chi connectivity index (χ1) is 5.77. The standard InChI is InChI=1S/C9H13F2NO/c1-7(2)8(13)5-6-9(10,11)12(3)4/h7H,1-4H3. The molecule has 13 heavy (non-hydrogen) atoms. The highest BCUT2D eigenvalue weighted by molar-refractivity contribution is 5.96. The van der Waals surface area contributed by atoms with Gasteiger partial charge >= 0.3 is 6.05 Å². The van der Waals surface area contributed by atoms with Crippen LogP contribution >= 0.6 is 0 Å². The molecule has 0 aliphatic heterocycles. The lowest BCUT2D eigenvalue weighted by Crippen LogP contribution is -2.33. The summed E-state index contributed by atoms with van der Waals surface area (Å²) in [4.78, 5) is 11.5. The molecule has 0 fully saturated rings. The van der Waals surface area contributed by atoms with Crippen molar-refractivity contribution in [1.29, 1.82) is 0 Å². The molecule has 0 N–H and O–H groups in total. The average molecular weight is 189 g/mol. The number of hydrogen-bond acceptors (Lipinski definition) is 2. The topological polar surface area (TPSA) is 20.3 Å². The molecule has 0 radical (unpaired) electrons. The van der Waals surface area contributed by atoms with Crippen LogP contribution in [0.15, 0.2) is 0 Å². The van der Waals surface area contributed by atoms with Crippen LogP contribution in [0.1, 0.15) is 13.8 Å². The number of Topliss-reactive ketones (excluding diaryl/α,β-unsaturated/α-hetero) is 1. The first-order valence-corrected chi connectivity index (χ1v) is 3.89. The van der Waals surface area contributed by atoms with E-state index < -0.39 is 11.8 Å². The van der Waals surface area contributed by atoms with Crippen molar-refractivity contribution >= 4 is 5.78 Å². The lowest BCUT2D eigenvalue weighted by molar-refractivity contribution is -0.116. The average Bonchev–Trinajstić information content (AvgIpc) is 1.99. The van der Waals surface area contributed by atoms with Gasteiger partial charge in [0.1, 0.15) is 0 Å². The number of hydrogen-bond donors (Lipinski definition) is 0. The van der Waals surface area contributed by atoms with Crippen LogP contribution in [0, 0.1) is 17.8 Å². The molecule has 0 rings (SSSR count). The Morgan fingerprint density at radius 2 is 1.85 bits per heavy atom. The van der Waals surface area contributed by atoms with Crippen molar-refractivity contribution in [3.63, 3.8) is 0 Å². The van der Waals surface area contributed by atoms with E-state index in [0.717, 1.165) is 0 Å². The van der Waals surface area contributed by atoms with Crippen LogP contribution in [0.5, 0.6) is 0 Å². The molecule has 0 aliphatic carbocycles. The van der Waals surface area contributed by atoms with Gasteiger partial charge in [0.25, 0.3) is 0 Å². The maximum atomic E-state index is 12.8. The van der Waals surface area contributed by atoms with Crippen LogP contribution in [0.3, 0.4) is 0 Å². The minimum atomic E-state index is -3.23. The highest BCUT2D eigenvalue weighted by atomic mass is 19.3. The van der Waals surface area contributed by atoms with E-state index in [-0.39, 0.29) is 5.92 Å². The molecule has 0 heterocycles. The number of rotatable bonds is 2. The van der Waals surface area contributed by atoms with Crippen LogP contribution < -0.4 is 0 Å². The molecule has 0 aliphatic rings. The molecule has 0 saturated heterocycles. The molecule has 0 aromatic heterocycles. The summed E-state index contributed by atoms with van der Waals surface area (Å²) < 4.78 is 25.5. The van der Waals surface area contributed by atoms with E-state index >= 15 is 0 Å². The highest BCUT2D eigenvalue weighted by Gasteiger charge is 2.28. The van der Waals surface area contributed by atoms with E-state index in [4.69, 9.17) is 0 Å². The number of carbonyl (C=O) groups excluding carboxylic acids is 1. The third kappa shape index (κ3) is 4.00. The molecule has 0 atom stereocenters. The molecule has 74 valence electrons. The fourth-order valence-corrected chi connectivity index (χ4v) is 0.393. The second kappa shape index (κ2) is 4.33. The SMILES string of the molecule is CC(C)C(=O)C#CC(F)(F)N(C)C. The Labute approximate surface area is 76.9 Å². The molecule has 0 amide bonds. The zero-order valence-electron chi connectivity index (χ0n) is 8.19. The van der Waals surface area contributed by atoms with Crippen molar-refractivity contribution in [3.05, 3.63) is 0 Å². The smallest absolute Gasteiger partial charge is 0.285 e. The maximum Gasteiger partial charge on any atom is 0.369 e. The first kappa shape index (κ1) is 12.0. The summed E-state index contributed by atoms with van der Waals surface area (Å²) in [6, 6.07) is -3.23. The van der Waals surface area contributed by atoms with Gasteiger partial charge in [0.15, 0.2) is 0 Å². The van der Waals surface area contributed by atoms with Crippen LogP contribution in [0.25, 0.3) is 0 Å². The summed E-state index contributed by atoms with van der Waals surface area (Å²) in [5.74, 6) is 2.76. The Hall–Kier alpha value is -0.950. The summed E-state index contributed by atoms with van der Waals surface area (Å²) >= 11 is 0. The van der Waals surface area contributed by atoms with Gasteiger partial charge in [-0.1, -0.05) is 13.8 Å². The van der Waals surface area contributed by atoms with Gasteiger partial charge in [-0.05, 0) is 25.9 Å². The predicted octanol–water partition coefficient (Wildman–Crippen LogP) is 1.37. The number of alkyl halides is 2. The van der Waals surface area contributed by atoms with Crippen molar-refractivity contribution in [2.45, 2.75) is 19.9 Å². The third-order valence-corrected chi connectivity index (χ3v) is 1.42. The number of halogens is 2. The van der Waals surface area contributed by atoms with Gasteiger partial charge in [0, 0.05) is 5.92 Å². The van der Waals surface area contributed by atoms with E-state index in [1.807, 2.05) is 5.92 Å². The molecule has 2 nitrogen and oxygen atoms in total. The Bertz CT molecular complexity index is 248. The largest absolute Gasteiger partial charge is 0.369 e. The third-order valence-electron chi connectivity index (χ3n) is 1.42. The van der Waals surface area contributed by atoms with Crippen LogP contribution in [-0.4, -0.2) is 30.8 Å². The van der Waals surface area contributed by atoms with Crippen molar-refractivity contribution in [2.75, 3.05) is 14.1 Å². The lowest BCUT2D eigenvalue weighted by Gasteiger charge is -2.16. The Morgan fingerprint density at radius 3 is 2.15 bits per heavy atom. The van der Waals surface area contributed by atoms with E-state index in [0.29, 0.717) is 4.90 Å². The van der Waals surface area contributed by atoms with Crippen molar-refractivity contribution in [2.24, 2.45) is 5.92 Å². The van der Waals surface area contributed by atoms with E-state index in [1.165, 1.54) is 14.1 Å². The summed E-state index contributed by atoms with van der Waals surface area (Å²) in [6.07, 6.45) is 0. The Balaban J connectivity index is 4.50. The molecular formula is C9H13F2NO. The summed E-state index contributed by atoms with van der Waals surface area (Å²) in [6.45, 7) is 3.23. The molecule has 0 bridgehead atoms. The minimum Gasteiger partial charge on any atom is -0.285 e. The maximum absolute atomic E-state index is 12.8. The van der Waals surface area contributed by atoms with Gasteiger partial charge in [-0.3, -0.25) is 4.79 Å². The van der Waals surface area contributed by atoms with Gasteiger partial charge in [-0.25, -0.2) is 4.90 Å². The minimum absolute atomic E-state index is 0.328. The zero-order chi connectivity index (χ0) is 10.6. The van der Waals surface area contributed by atoms with Gasteiger partial charge in [0.05, 0.1) is 0 Å². The second-order valence-corrected chi connectivity index (χ2v) is 3.20.